The summed E-state index contributed by atoms with van der Waals surface area (Å²) in [6.07, 6.45) is 3.23. The first kappa shape index (κ1) is 18.3. The van der Waals surface area contributed by atoms with Crippen LogP contribution in [0, 0.1) is 5.92 Å². The van der Waals surface area contributed by atoms with E-state index in [2.05, 4.69) is 39.9 Å². The molecule has 3 rings (SSSR count). The molecule has 1 saturated heterocycles. The fraction of sp³-hybridized carbons (Fsp3) is 0.579. The lowest BCUT2D eigenvalue weighted by Crippen LogP contribution is -2.34. The minimum Gasteiger partial charge on any atom is -0.354 e. The molecule has 1 N–H and O–H groups in total. The summed E-state index contributed by atoms with van der Waals surface area (Å²) >= 11 is 1.73. The van der Waals surface area contributed by atoms with Crippen LogP contribution >= 0.6 is 11.8 Å². The largest absolute Gasteiger partial charge is 0.354 e. The molecule has 0 spiro atoms. The SMILES string of the molecule is CSCc1nc2ccccc2n1CC(=O)NC[C@@H]1CCN(C(C)C)C1. The zero-order valence-corrected chi connectivity index (χ0v) is 16.2. The summed E-state index contributed by atoms with van der Waals surface area (Å²) in [5.41, 5.74) is 2.00. The predicted octanol–water partition coefficient (Wildman–Crippen LogP) is 2.75. The number of aromatic nitrogens is 2. The maximum atomic E-state index is 12.5. The smallest absolute Gasteiger partial charge is 0.240 e. The van der Waals surface area contributed by atoms with Gasteiger partial charge in [0.25, 0.3) is 0 Å². The number of para-hydroxylation sites is 2. The van der Waals surface area contributed by atoms with Crippen LogP contribution in [0.4, 0.5) is 0 Å². The number of carbonyl (C=O) groups excluding carboxylic acids is 1. The highest BCUT2D eigenvalue weighted by Crippen LogP contribution is 2.20. The summed E-state index contributed by atoms with van der Waals surface area (Å²) in [7, 11) is 0. The third-order valence-corrected chi connectivity index (χ3v) is 5.49. The molecular weight excluding hydrogens is 332 g/mol. The summed E-state index contributed by atoms with van der Waals surface area (Å²) in [5, 5.41) is 3.14. The van der Waals surface area contributed by atoms with Crippen molar-refractivity contribution in [1.82, 2.24) is 19.8 Å². The lowest BCUT2D eigenvalue weighted by molar-refractivity contribution is -0.121. The van der Waals surface area contributed by atoms with Gasteiger partial charge in [-0.25, -0.2) is 4.98 Å². The molecule has 1 atom stereocenters. The standard InChI is InChI=1S/C19H28N4OS/c1-14(2)22-9-8-15(11-22)10-20-19(24)12-23-17-7-5-4-6-16(17)21-18(23)13-25-3/h4-7,14-15H,8-13H2,1-3H3,(H,20,24)/t15-/m0/s1. The minimum atomic E-state index is 0.0773. The molecule has 0 saturated carbocycles. The summed E-state index contributed by atoms with van der Waals surface area (Å²) in [6, 6.07) is 8.62. The number of imidazole rings is 1. The van der Waals surface area contributed by atoms with Gasteiger partial charge in [-0.05, 0) is 51.1 Å². The quantitative estimate of drug-likeness (QED) is 0.825. The van der Waals surface area contributed by atoms with Crippen LogP contribution in [0.25, 0.3) is 11.0 Å². The van der Waals surface area contributed by atoms with Crippen molar-refractivity contribution in [2.75, 3.05) is 25.9 Å². The first-order valence-electron chi connectivity index (χ1n) is 9.02. The van der Waals surface area contributed by atoms with E-state index < -0.39 is 0 Å². The van der Waals surface area contributed by atoms with E-state index >= 15 is 0 Å². The van der Waals surface area contributed by atoms with Crippen LogP contribution in [-0.4, -0.2) is 52.3 Å². The second-order valence-electron chi connectivity index (χ2n) is 7.08. The molecule has 25 heavy (non-hydrogen) atoms. The first-order chi connectivity index (χ1) is 12.1. The number of likely N-dealkylation sites (tertiary alicyclic amines) is 1. The van der Waals surface area contributed by atoms with Crippen molar-refractivity contribution in [3.63, 3.8) is 0 Å². The molecule has 6 heteroatoms. The monoisotopic (exact) mass is 360 g/mol. The van der Waals surface area contributed by atoms with E-state index in [-0.39, 0.29) is 5.91 Å². The predicted molar refractivity (Wildman–Crippen MR) is 105 cm³/mol. The molecule has 5 nitrogen and oxygen atoms in total. The van der Waals surface area contributed by atoms with Gasteiger partial charge in [-0.2, -0.15) is 11.8 Å². The van der Waals surface area contributed by atoms with Gasteiger partial charge in [-0.1, -0.05) is 12.1 Å². The van der Waals surface area contributed by atoms with E-state index in [1.165, 1.54) is 6.42 Å². The molecule has 1 aliphatic heterocycles. The van der Waals surface area contributed by atoms with Crippen LogP contribution in [0.1, 0.15) is 26.1 Å². The third kappa shape index (κ3) is 4.36. The Balaban J connectivity index is 1.61. The van der Waals surface area contributed by atoms with Crippen LogP contribution < -0.4 is 5.32 Å². The van der Waals surface area contributed by atoms with Gasteiger partial charge < -0.3 is 14.8 Å². The number of nitrogens with zero attached hydrogens (tertiary/aromatic N) is 3. The Kier molecular flexibility index (Phi) is 6.02. The Morgan fingerprint density at radius 1 is 1.40 bits per heavy atom. The van der Waals surface area contributed by atoms with Gasteiger partial charge in [0.2, 0.25) is 5.91 Å². The van der Waals surface area contributed by atoms with Crippen LogP contribution in [0.5, 0.6) is 0 Å². The summed E-state index contributed by atoms with van der Waals surface area (Å²) < 4.78 is 2.05. The Labute approximate surface area is 154 Å². The van der Waals surface area contributed by atoms with Crippen molar-refractivity contribution >= 4 is 28.7 Å². The second-order valence-corrected chi connectivity index (χ2v) is 7.95. The molecule has 0 bridgehead atoms. The minimum absolute atomic E-state index is 0.0773. The van der Waals surface area contributed by atoms with Crippen molar-refractivity contribution in [2.24, 2.45) is 5.92 Å². The Hall–Kier alpha value is -1.53. The summed E-state index contributed by atoms with van der Waals surface area (Å²) in [5.74, 6) is 2.43. The molecular formula is C19H28N4OS. The highest BCUT2D eigenvalue weighted by Gasteiger charge is 2.24. The number of benzene rings is 1. The number of carbonyl (C=O) groups is 1. The van der Waals surface area contributed by atoms with Crippen molar-refractivity contribution in [2.45, 2.75) is 38.6 Å². The van der Waals surface area contributed by atoms with E-state index in [4.69, 9.17) is 0 Å². The fourth-order valence-corrected chi connectivity index (χ4v) is 3.98. The normalized spacial score (nSPS) is 18.3. The molecule has 2 aromatic rings. The van der Waals surface area contributed by atoms with Crippen LogP contribution in [-0.2, 0) is 17.1 Å². The average Bonchev–Trinajstić information content (AvgIpc) is 3.19. The Bertz CT molecular complexity index is 727. The molecule has 1 amide bonds. The number of thioether (sulfide) groups is 1. The third-order valence-electron chi connectivity index (χ3n) is 4.94. The van der Waals surface area contributed by atoms with Gasteiger partial charge in [-0.15, -0.1) is 0 Å². The lowest BCUT2D eigenvalue weighted by Gasteiger charge is -2.20. The molecule has 1 aliphatic rings. The van der Waals surface area contributed by atoms with Crippen LogP contribution in [0.3, 0.4) is 0 Å². The molecule has 0 aliphatic carbocycles. The van der Waals surface area contributed by atoms with E-state index in [0.29, 0.717) is 18.5 Å². The van der Waals surface area contributed by atoms with Gasteiger partial charge in [0.15, 0.2) is 0 Å². The zero-order chi connectivity index (χ0) is 17.8. The molecule has 2 heterocycles. The van der Waals surface area contributed by atoms with Crippen molar-refractivity contribution in [3.8, 4) is 0 Å². The van der Waals surface area contributed by atoms with Gasteiger partial charge in [0, 0.05) is 19.1 Å². The molecule has 0 radical (unpaired) electrons. The number of nitrogens with one attached hydrogen (secondary N) is 1. The average molecular weight is 361 g/mol. The second kappa shape index (κ2) is 8.23. The van der Waals surface area contributed by atoms with E-state index in [1.807, 2.05) is 24.3 Å². The molecule has 136 valence electrons. The maximum absolute atomic E-state index is 12.5. The topological polar surface area (TPSA) is 50.2 Å². The first-order valence-corrected chi connectivity index (χ1v) is 10.4. The summed E-state index contributed by atoms with van der Waals surface area (Å²) in [6.45, 7) is 7.81. The number of amides is 1. The van der Waals surface area contributed by atoms with Crippen molar-refractivity contribution < 1.29 is 4.79 Å². The van der Waals surface area contributed by atoms with E-state index in [0.717, 1.165) is 42.2 Å². The van der Waals surface area contributed by atoms with E-state index in [9.17, 15) is 4.79 Å². The fourth-order valence-electron chi connectivity index (χ4n) is 3.50. The highest BCUT2D eigenvalue weighted by molar-refractivity contribution is 7.97. The molecule has 1 aromatic carbocycles. The zero-order valence-electron chi connectivity index (χ0n) is 15.4. The van der Waals surface area contributed by atoms with Gasteiger partial charge >= 0.3 is 0 Å². The van der Waals surface area contributed by atoms with Crippen molar-refractivity contribution in [1.29, 1.82) is 0 Å². The van der Waals surface area contributed by atoms with Crippen LogP contribution in [0.2, 0.25) is 0 Å². The maximum Gasteiger partial charge on any atom is 0.240 e. The summed E-state index contributed by atoms with van der Waals surface area (Å²) in [4.78, 5) is 19.7. The van der Waals surface area contributed by atoms with Crippen LogP contribution in [0.15, 0.2) is 24.3 Å². The Morgan fingerprint density at radius 3 is 2.92 bits per heavy atom. The number of rotatable bonds is 7. The lowest BCUT2D eigenvalue weighted by atomic mass is 10.1. The van der Waals surface area contributed by atoms with Gasteiger partial charge in [-0.3, -0.25) is 4.79 Å². The van der Waals surface area contributed by atoms with E-state index in [1.54, 1.807) is 11.8 Å². The van der Waals surface area contributed by atoms with Gasteiger partial charge in [0.1, 0.15) is 12.4 Å². The number of fused-ring (bicyclic) bond motifs is 1. The van der Waals surface area contributed by atoms with Crippen molar-refractivity contribution in [3.05, 3.63) is 30.1 Å². The molecule has 0 unspecified atom stereocenters. The Morgan fingerprint density at radius 2 is 2.20 bits per heavy atom. The number of hydrogen-bond donors (Lipinski definition) is 1. The molecule has 1 aromatic heterocycles. The number of hydrogen-bond acceptors (Lipinski definition) is 4. The van der Waals surface area contributed by atoms with Gasteiger partial charge in [0.05, 0.1) is 16.8 Å². The highest BCUT2D eigenvalue weighted by atomic mass is 32.2. The molecule has 1 fully saturated rings.